The Morgan fingerprint density at radius 2 is 2.03 bits per heavy atom. The second-order valence-electron chi connectivity index (χ2n) is 8.35. The van der Waals surface area contributed by atoms with Gasteiger partial charge in [-0.3, -0.25) is 4.79 Å². The van der Waals surface area contributed by atoms with Gasteiger partial charge in [-0.15, -0.1) is 6.58 Å². The van der Waals surface area contributed by atoms with Crippen LogP contribution in [0.25, 0.3) is 0 Å². The van der Waals surface area contributed by atoms with Gasteiger partial charge >= 0.3 is 0 Å². The quantitative estimate of drug-likeness (QED) is 0.288. The third-order valence-corrected chi connectivity index (χ3v) is 6.67. The lowest BCUT2D eigenvalue weighted by molar-refractivity contribution is 0.0958. The molecule has 0 unspecified atom stereocenters. The average molecular weight is 478 g/mol. The van der Waals surface area contributed by atoms with Crippen molar-refractivity contribution >= 4 is 41.8 Å². The normalized spacial score (nSPS) is 13.0. The maximum atomic E-state index is 12.7. The second kappa shape index (κ2) is 10.2. The van der Waals surface area contributed by atoms with Gasteiger partial charge in [-0.05, 0) is 61.7 Å². The van der Waals surface area contributed by atoms with E-state index in [1.165, 1.54) is 17.3 Å². The summed E-state index contributed by atoms with van der Waals surface area (Å²) in [5.41, 5.74) is 4.18. The molecule has 10 heteroatoms. The number of rotatable bonds is 8. The molecule has 1 aromatic carbocycles. The van der Waals surface area contributed by atoms with Gasteiger partial charge in [0.15, 0.2) is 0 Å². The van der Waals surface area contributed by atoms with Gasteiger partial charge in [-0.1, -0.05) is 18.2 Å². The number of nitrogens with one attached hydrogen (secondary N) is 4. The van der Waals surface area contributed by atoms with Gasteiger partial charge in [0.05, 0.1) is 0 Å². The van der Waals surface area contributed by atoms with Crippen molar-refractivity contribution in [3.8, 4) is 0 Å². The summed E-state index contributed by atoms with van der Waals surface area (Å²) in [6, 6.07) is 11.4. The lowest BCUT2D eigenvalue weighted by Gasteiger charge is -2.18. The summed E-state index contributed by atoms with van der Waals surface area (Å²) in [5.74, 6) is 0.713. The summed E-state index contributed by atoms with van der Waals surface area (Å²) in [6.45, 7) is 9.07. The SMILES string of the molecule is C=CCNC(=O)c1cnc(Nc2ccc3c(c2)CCNC3)nc1Nc1cccc(P(C)(C)=O)n1. The number of amides is 1. The van der Waals surface area contributed by atoms with Gasteiger partial charge in [0, 0.05) is 25.0 Å². The molecule has 0 aliphatic carbocycles. The number of aromatic nitrogens is 3. The van der Waals surface area contributed by atoms with Crippen LogP contribution in [-0.2, 0) is 17.5 Å². The highest BCUT2D eigenvalue weighted by Gasteiger charge is 2.18. The van der Waals surface area contributed by atoms with E-state index >= 15 is 0 Å². The third-order valence-electron chi connectivity index (χ3n) is 5.32. The smallest absolute Gasteiger partial charge is 0.256 e. The second-order valence-corrected chi connectivity index (χ2v) is 11.5. The Hall–Kier alpha value is -3.55. The third kappa shape index (κ3) is 5.68. The molecular weight excluding hydrogens is 449 g/mol. The summed E-state index contributed by atoms with van der Waals surface area (Å²) in [4.78, 5) is 26.1. The molecule has 0 saturated carbocycles. The fraction of sp³-hybridized carbons (Fsp3) is 0.250. The first kappa shape index (κ1) is 23.6. The van der Waals surface area contributed by atoms with Crippen LogP contribution in [0.2, 0.25) is 0 Å². The van der Waals surface area contributed by atoms with Crippen LogP contribution < -0.4 is 26.7 Å². The van der Waals surface area contributed by atoms with Gasteiger partial charge < -0.3 is 25.8 Å². The zero-order chi connectivity index (χ0) is 24.1. The van der Waals surface area contributed by atoms with Crippen LogP contribution in [0.4, 0.5) is 23.3 Å². The molecule has 0 fully saturated rings. The van der Waals surface area contributed by atoms with E-state index in [2.05, 4.69) is 54.9 Å². The molecule has 4 rings (SSSR count). The molecule has 0 saturated heterocycles. The van der Waals surface area contributed by atoms with Crippen molar-refractivity contribution in [2.45, 2.75) is 13.0 Å². The molecule has 0 bridgehead atoms. The Bertz CT molecular complexity index is 1270. The van der Waals surface area contributed by atoms with Gasteiger partial charge in [0.2, 0.25) is 5.95 Å². The number of hydrogen-bond acceptors (Lipinski definition) is 8. The number of carbonyl (C=O) groups is 1. The molecule has 1 amide bonds. The topological polar surface area (TPSA) is 121 Å². The predicted molar refractivity (Wildman–Crippen MR) is 136 cm³/mol. The zero-order valence-electron chi connectivity index (χ0n) is 19.3. The van der Waals surface area contributed by atoms with Crippen LogP contribution in [0.1, 0.15) is 21.5 Å². The number of anilines is 4. The Balaban J connectivity index is 1.65. The first-order valence-electron chi connectivity index (χ1n) is 11.0. The lowest BCUT2D eigenvalue weighted by atomic mass is 10.0. The van der Waals surface area contributed by atoms with Crippen LogP contribution >= 0.6 is 7.14 Å². The fourth-order valence-electron chi connectivity index (χ4n) is 3.56. The minimum atomic E-state index is -2.55. The van der Waals surface area contributed by atoms with Gasteiger partial charge in [-0.25, -0.2) is 9.97 Å². The van der Waals surface area contributed by atoms with Crippen molar-refractivity contribution in [1.82, 2.24) is 25.6 Å². The van der Waals surface area contributed by atoms with E-state index in [1.54, 1.807) is 37.6 Å². The minimum absolute atomic E-state index is 0.257. The van der Waals surface area contributed by atoms with Crippen LogP contribution in [-0.4, -0.2) is 47.3 Å². The Labute approximate surface area is 198 Å². The summed E-state index contributed by atoms with van der Waals surface area (Å²) >= 11 is 0. The van der Waals surface area contributed by atoms with E-state index in [4.69, 9.17) is 0 Å². The summed E-state index contributed by atoms with van der Waals surface area (Å²) in [6.07, 6.45) is 4.02. The number of benzene rings is 1. The summed E-state index contributed by atoms with van der Waals surface area (Å²) in [7, 11) is -2.55. The highest BCUT2D eigenvalue weighted by molar-refractivity contribution is 7.69. The molecule has 4 N–H and O–H groups in total. The highest BCUT2D eigenvalue weighted by Crippen LogP contribution is 2.34. The number of hydrogen-bond donors (Lipinski definition) is 4. The number of carbonyl (C=O) groups excluding carboxylic acids is 1. The predicted octanol–water partition coefficient (Wildman–Crippen LogP) is 3.17. The molecule has 0 atom stereocenters. The Morgan fingerprint density at radius 1 is 1.18 bits per heavy atom. The van der Waals surface area contributed by atoms with E-state index in [9.17, 15) is 9.36 Å². The Morgan fingerprint density at radius 3 is 2.82 bits per heavy atom. The Kier molecular flexibility index (Phi) is 7.05. The van der Waals surface area contributed by atoms with Crippen molar-refractivity contribution in [2.24, 2.45) is 0 Å². The molecular formula is C24H28N7O2P. The molecule has 0 radical (unpaired) electrons. The highest BCUT2D eigenvalue weighted by atomic mass is 31.2. The molecule has 34 heavy (non-hydrogen) atoms. The van der Waals surface area contributed by atoms with E-state index in [0.717, 1.165) is 25.2 Å². The molecule has 3 heterocycles. The van der Waals surface area contributed by atoms with E-state index in [-0.39, 0.29) is 17.3 Å². The van der Waals surface area contributed by atoms with E-state index < -0.39 is 7.14 Å². The van der Waals surface area contributed by atoms with Crippen LogP contribution in [0, 0.1) is 0 Å². The van der Waals surface area contributed by atoms with E-state index in [1.807, 2.05) is 6.07 Å². The monoisotopic (exact) mass is 477 g/mol. The van der Waals surface area contributed by atoms with Gasteiger partial charge in [-0.2, -0.15) is 4.98 Å². The van der Waals surface area contributed by atoms with Crippen LogP contribution in [0.5, 0.6) is 0 Å². The minimum Gasteiger partial charge on any atom is -0.348 e. The van der Waals surface area contributed by atoms with Gasteiger partial charge in [0.1, 0.15) is 29.8 Å². The molecule has 1 aliphatic rings. The zero-order valence-corrected chi connectivity index (χ0v) is 20.2. The molecule has 9 nitrogen and oxygen atoms in total. The molecule has 2 aromatic heterocycles. The number of fused-ring (bicyclic) bond motifs is 1. The first-order valence-corrected chi connectivity index (χ1v) is 13.6. The first-order chi connectivity index (χ1) is 16.3. The fourth-order valence-corrected chi connectivity index (χ4v) is 4.36. The van der Waals surface area contributed by atoms with Crippen LogP contribution in [0.15, 0.2) is 55.3 Å². The largest absolute Gasteiger partial charge is 0.348 e. The van der Waals surface area contributed by atoms with Crippen molar-refractivity contribution in [2.75, 3.05) is 37.1 Å². The van der Waals surface area contributed by atoms with Crippen molar-refractivity contribution in [3.63, 3.8) is 0 Å². The molecule has 1 aliphatic heterocycles. The van der Waals surface area contributed by atoms with Crippen molar-refractivity contribution < 1.29 is 9.36 Å². The summed E-state index contributed by atoms with van der Waals surface area (Å²) in [5, 5.41) is 12.4. The van der Waals surface area contributed by atoms with E-state index in [0.29, 0.717) is 23.7 Å². The van der Waals surface area contributed by atoms with Crippen molar-refractivity contribution in [3.05, 3.63) is 71.9 Å². The average Bonchev–Trinajstić information content (AvgIpc) is 2.82. The molecule has 3 aromatic rings. The maximum absolute atomic E-state index is 12.7. The number of nitrogens with zero attached hydrogens (tertiary/aromatic N) is 3. The van der Waals surface area contributed by atoms with Gasteiger partial charge in [0.25, 0.3) is 5.91 Å². The lowest BCUT2D eigenvalue weighted by Crippen LogP contribution is -2.25. The number of pyridine rings is 1. The summed E-state index contributed by atoms with van der Waals surface area (Å²) < 4.78 is 12.5. The molecule has 176 valence electrons. The standard InChI is InChI=1S/C24H28N7O2P/c1-4-11-26-23(32)19-15-27-24(28-18-9-8-17-14-25-12-10-16(17)13-18)31-22(19)30-20-6-5-7-21(29-20)34(2,3)33/h4-9,13,15,25H,1,10-12,14H2,2-3H3,(H,26,32)(H2,27,28,29,30,31). The van der Waals surface area contributed by atoms with Crippen LogP contribution in [0.3, 0.4) is 0 Å². The molecule has 0 spiro atoms. The maximum Gasteiger partial charge on any atom is 0.256 e. The van der Waals surface area contributed by atoms with Crippen molar-refractivity contribution in [1.29, 1.82) is 0 Å².